The first-order valence-corrected chi connectivity index (χ1v) is 20.1. The fourth-order valence-corrected chi connectivity index (χ4v) is 7.98. The second-order valence-electron chi connectivity index (χ2n) is 16.3. The van der Waals surface area contributed by atoms with E-state index in [1.165, 1.54) is 84.2 Å². The summed E-state index contributed by atoms with van der Waals surface area (Å²) < 4.78 is 43.6. The van der Waals surface area contributed by atoms with Gasteiger partial charge in [-0.05, 0) is 38.1 Å². The normalized spacial score (nSPS) is 28.2. The van der Waals surface area contributed by atoms with Crippen LogP contribution in [-0.2, 0) is 23.8 Å². The van der Waals surface area contributed by atoms with Crippen molar-refractivity contribution in [3.63, 3.8) is 0 Å². The molecule has 0 radical (unpaired) electrons. The van der Waals surface area contributed by atoms with E-state index in [9.17, 15) is 43.4 Å². The van der Waals surface area contributed by atoms with Crippen LogP contribution in [-0.4, -0.2) is 102 Å². The van der Waals surface area contributed by atoms with Gasteiger partial charge in [0.2, 0.25) is 11.6 Å². The van der Waals surface area contributed by atoms with Gasteiger partial charge in [0, 0.05) is 69.9 Å². The van der Waals surface area contributed by atoms with Crippen LogP contribution in [0.25, 0.3) is 0 Å². The average molecular weight is 861 g/mol. The van der Waals surface area contributed by atoms with Crippen molar-refractivity contribution in [1.82, 2.24) is 10.2 Å². The molecule has 332 valence electrons. The van der Waals surface area contributed by atoms with Crippen LogP contribution < -0.4 is 14.8 Å². The number of esters is 2. The van der Waals surface area contributed by atoms with Gasteiger partial charge in [0.05, 0.1) is 46.8 Å². The third-order valence-corrected chi connectivity index (χ3v) is 11.6. The molecule has 6 rings (SSSR count). The molecule has 1 amide bonds. The Hall–Kier alpha value is -5.97. The maximum atomic E-state index is 14.8. The molecule has 1 aliphatic carbocycles. The van der Waals surface area contributed by atoms with E-state index in [0.29, 0.717) is 0 Å². The number of ether oxygens (including phenoxy) is 5. The zero-order chi connectivity index (χ0) is 46.1. The number of benzene rings is 2. The van der Waals surface area contributed by atoms with Crippen molar-refractivity contribution in [2.75, 3.05) is 21.2 Å². The standard InChI is InChI=1S/C46H53FN2O13/c1-21-14-12-15-22(2)44(56)48-34-35(49(9)10)39(54)31-32(38(34)53)41(61-45(57)28-16-13-17-29(47)20-28)26(6)42-33(31)43(55)46(8,62-42)59-19-18-30(58-11)23(3)40(60-27(7)50)25(5)37(52)24(4)36(21)51/h12-21,23-25,30,36-37,40,51-52H,1-11H3,(H,48,56)/t21-,23+,24+,25-,30-,36-,37-,40+,46-/m0/s1. The predicted octanol–water partition coefficient (Wildman–Crippen LogP) is 5.17. The minimum absolute atomic E-state index is 0.0642. The zero-order valence-electron chi connectivity index (χ0n) is 36.5. The van der Waals surface area contributed by atoms with Crippen LogP contribution in [0.5, 0.6) is 11.5 Å². The molecule has 0 fully saturated rings. The molecule has 3 heterocycles. The Morgan fingerprint density at radius 1 is 0.919 bits per heavy atom. The number of fused-ring (bicyclic) bond motifs is 14. The molecule has 3 N–H and O–H groups in total. The predicted molar refractivity (Wildman–Crippen MR) is 222 cm³/mol. The molecule has 0 spiro atoms. The molecule has 2 aromatic carbocycles. The number of carbonyl (C=O) groups is 6. The van der Waals surface area contributed by atoms with E-state index >= 15 is 0 Å². The number of aliphatic hydroxyl groups excluding tert-OH is 2. The Labute approximate surface area is 359 Å². The van der Waals surface area contributed by atoms with Crippen LogP contribution in [0, 0.1) is 36.4 Å². The van der Waals surface area contributed by atoms with Crippen molar-refractivity contribution in [2.45, 2.75) is 85.6 Å². The maximum absolute atomic E-state index is 14.8. The van der Waals surface area contributed by atoms with Gasteiger partial charge in [0.15, 0.2) is 0 Å². The van der Waals surface area contributed by atoms with Crippen LogP contribution in [0.2, 0.25) is 0 Å². The third-order valence-electron chi connectivity index (χ3n) is 11.6. The largest absolute Gasteiger partial charge is 0.462 e. The minimum atomic E-state index is -2.19. The second kappa shape index (κ2) is 18.6. The highest BCUT2D eigenvalue weighted by Gasteiger charge is 2.53. The summed E-state index contributed by atoms with van der Waals surface area (Å²) in [7, 11) is 4.31. The Morgan fingerprint density at radius 2 is 1.60 bits per heavy atom. The summed E-state index contributed by atoms with van der Waals surface area (Å²) in [5.41, 5.74) is -2.36. The molecule has 2 aromatic rings. The SMILES string of the molecule is CO[C@H]1C=CO[C@@]2(C)Oc3c(C)c(OC(=O)c4cccc(F)c4)c4c(c3C2=O)C(=O)C(N(C)C)=C(NC(=O)C(C)=CC=C[C@H](C)[C@H](O)[C@@H](C)[C@H](O)[C@H](C)[C@H](OC(C)=O)[C@@H]1C)C4=O. The minimum Gasteiger partial charge on any atom is -0.462 e. The molecule has 62 heavy (non-hydrogen) atoms. The lowest BCUT2D eigenvalue weighted by Crippen LogP contribution is -2.46. The molecular weight excluding hydrogens is 808 g/mol. The molecule has 3 aliphatic heterocycles. The van der Waals surface area contributed by atoms with Crippen LogP contribution in [0.1, 0.15) is 95.5 Å². The fourth-order valence-electron chi connectivity index (χ4n) is 7.98. The number of Topliss-reactive ketones (excluding diaryl/α,β-unsaturated/α-hetero) is 3. The summed E-state index contributed by atoms with van der Waals surface area (Å²) in [4.78, 5) is 85.1. The Kier molecular flexibility index (Phi) is 14.1. The van der Waals surface area contributed by atoms with Gasteiger partial charge in [-0.3, -0.25) is 24.0 Å². The first-order chi connectivity index (χ1) is 29.1. The Balaban J connectivity index is 1.73. The molecule has 0 unspecified atom stereocenters. The number of nitrogens with one attached hydrogen (secondary N) is 1. The third kappa shape index (κ3) is 8.99. The molecule has 5 bridgehead atoms. The van der Waals surface area contributed by atoms with Gasteiger partial charge in [-0.25, -0.2) is 9.18 Å². The van der Waals surface area contributed by atoms with Crippen molar-refractivity contribution in [3.05, 3.63) is 105 Å². The highest BCUT2D eigenvalue weighted by atomic mass is 19.1. The molecule has 4 aliphatic rings. The van der Waals surface area contributed by atoms with Crippen LogP contribution in [0.3, 0.4) is 0 Å². The monoisotopic (exact) mass is 860 g/mol. The maximum Gasteiger partial charge on any atom is 0.343 e. The van der Waals surface area contributed by atoms with E-state index in [4.69, 9.17) is 23.7 Å². The molecule has 0 saturated carbocycles. The summed E-state index contributed by atoms with van der Waals surface area (Å²) in [6.07, 6.45) is 3.06. The topological polar surface area (TPSA) is 204 Å². The molecular formula is C46H53FN2O13. The summed E-state index contributed by atoms with van der Waals surface area (Å²) in [6, 6.07) is 4.59. The fraction of sp³-hybridized carbons (Fsp3) is 0.435. The summed E-state index contributed by atoms with van der Waals surface area (Å²) in [6.45, 7) is 12.1. The van der Waals surface area contributed by atoms with Crippen molar-refractivity contribution < 1.29 is 67.1 Å². The smallest absolute Gasteiger partial charge is 0.343 e. The number of halogens is 1. The van der Waals surface area contributed by atoms with Crippen LogP contribution in [0.15, 0.2) is 71.8 Å². The van der Waals surface area contributed by atoms with Gasteiger partial charge in [0.1, 0.15) is 34.8 Å². The van der Waals surface area contributed by atoms with E-state index < -0.39 is 117 Å². The van der Waals surface area contributed by atoms with Gasteiger partial charge in [-0.1, -0.05) is 52.0 Å². The van der Waals surface area contributed by atoms with Gasteiger partial charge in [-0.2, -0.15) is 0 Å². The Bertz CT molecular complexity index is 2310. The lowest BCUT2D eigenvalue weighted by atomic mass is 9.78. The molecule has 9 atom stereocenters. The number of hydrogen-bond donors (Lipinski definition) is 3. The molecule has 15 nitrogen and oxygen atoms in total. The Morgan fingerprint density at radius 3 is 2.21 bits per heavy atom. The first-order valence-electron chi connectivity index (χ1n) is 20.1. The molecule has 16 heteroatoms. The van der Waals surface area contributed by atoms with Crippen molar-refractivity contribution in [1.29, 1.82) is 0 Å². The van der Waals surface area contributed by atoms with Crippen molar-refractivity contribution in [2.24, 2.45) is 23.7 Å². The quantitative estimate of drug-likeness (QED) is 0.262. The lowest BCUT2D eigenvalue weighted by molar-refractivity contribution is -0.160. The first kappa shape index (κ1) is 47.1. The van der Waals surface area contributed by atoms with Crippen molar-refractivity contribution >= 4 is 35.2 Å². The van der Waals surface area contributed by atoms with Crippen LogP contribution >= 0.6 is 0 Å². The number of nitrogens with zero attached hydrogens (tertiary/aromatic N) is 1. The number of allylic oxidation sites excluding steroid dienone is 4. The van der Waals surface area contributed by atoms with E-state index in [1.54, 1.807) is 33.8 Å². The number of likely N-dealkylation sites (N-methyl/N-ethyl adjacent to an activating group) is 1. The van der Waals surface area contributed by atoms with Gasteiger partial charge >= 0.3 is 17.7 Å². The van der Waals surface area contributed by atoms with Gasteiger partial charge in [0.25, 0.3) is 11.7 Å². The summed E-state index contributed by atoms with van der Waals surface area (Å²) in [5.74, 6) is -11.6. The highest BCUT2D eigenvalue weighted by Crippen LogP contribution is 2.49. The summed E-state index contributed by atoms with van der Waals surface area (Å²) in [5, 5.41) is 25.4. The van der Waals surface area contributed by atoms with E-state index in [-0.39, 0.29) is 33.7 Å². The zero-order valence-corrected chi connectivity index (χ0v) is 36.5. The number of aliphatic hydroxyl groups is 2. The second-order valence-corrected chi connectivity index (χ2v) is 16.3. The van der Waals surface area contributed by atoms with Gasteiger partial charge < -0.3 is 44.1 Å². The number of ketones is 3. The number of methoxy groups -OCH3 is 1. The molecule has 0 saturated heterocycles. The highest BCUT2D eigenvalue weighted by molar-refractivity contribution is 6.32. The average Bonchev–Trinajstić information content (AvgIpc) is 3.48. The summed E-state index contributed by atoms with van der Waals surface area (Å²) >= 11 is 0. The number of hydrogen-bond acceptors (Lipinski definition) is 14. The lowest BCUT2D eigenvalue weighted by Gasteiger charge is -2.38. The van der Waals surface area contributed by atoms with E-state index in [1.807, 2.05) is 0 Å². The number of carbonyl (C=O) groups excluding carboxylic acids is 6. The number of amides is 1. The van der Waals surface area contributed by atoms with E-state index in [0.717, 1.165) is 18.4 Å². The van der Waals surface area contributed by atoms with Crippen molar-refractivity contribution in [3.8, 4) is 11.5 Å². The molecule has 0 aromatic heterocycles. The van der Waals surface area contributed by atoms with E-state index in [2.05, 4.69) is 5.32 Å². The van der Waals surface area contributed by atoms with Crippen LogP contribution in [0.4, 0.5) is 4.39 Å². The van der Waals surface area contributed by atoms with Gasteiger partial charge in [-0.15, -0.1) is 0 Å². The number of rotatable bonds is 5.